The van der Waals surface area contributed by atoms with Crippen molar-refractivity contribution in [2.75, 3.05) is 5.32 Å². The van der Waals surface area contributed by atoms with E-state index in [1.54, 1.807) is 35.7 Å². The fourth-order valence-corrected chi connectivity index (χ4v) is 6.47. The van der Waals surface area contributed by atoms with Gasteiger partial charge in [-0.05, 0) is 29.8 Å². The number of carbonyl (C=O) groups excluding carboxylic acids is 1. The van der Waals surface area contributed by atoms with Gasteiger partial charge < -0.3 is 5.32 Å². The molecule has 132 valence electrons. The molecule has 2 aromatic carbocycles. The predicted octanol–water partition coefficient (Wildman–Crippen LogP) is 4.82. The Balaban J connectivity index is 1.85. The molecule has 0 saturated heterocycles. The second-order valence-corrected chi connectivity index (χ2v) is 9.76. The minimum absolute atomic E-state index is 0.152. The van der Waals surface area contributed by atoms with E-state index in [9.17, 15) is 13.2 Å². The number of anilines is 1. The number of hydrogen-bond donors (Lipinski definition) is 1. The number of rotatable bonds is 3. The maximum absolute atomic E-state index is 13.0. The van der Waals surface area contributed by atoms with E-state index in [4.69, 9.17) is 0 Å². The number of halogens is 1. The van der Waals surface area contributed by atoms with Crippen molar-refractivity contribution in [1.82, 2.24) is 0 Å². The largest absolute Gasteiger partial charge is 0.324 e. The first-order chi connectivity index (χ1) is 12.5. The first-order valence-electron chi connectivity index (χ1n) is 7.93. The monoisotopic (exact) mass is 447 g/mol. The molecular formula is C19H14BrNO3S2. The Kier molecular flexibility index (Phi) is 4.46. The number of nitrogens with one attached hydrogen (secondary N) is 1. The lowest BCUT2D eigenvalue weighted by Gasteiger charge is -2.24. The van der Waals surface area contributed by atoms with Gasteiger partial charge in [-0.1, -0.05) is 46.3 Å². The first-order valence-corrected chi connectivity index (χ1v) is 11.1. The normalized spacial score (nSPS) is 16.8. The Morgan fingerprint density at radius 1 is 1.08 bits per heavy atom. The second kappa shape index (κ2) is 6.64. The number of fused-ring (bicyclic) bond motifs is 1. The summed E-state index contributed by atoms with van der Waals surface area (Å²) in [7, 11) is -3.69. The molecule has 4 rings (SSSR count). The van der Waals surface area contributed by atoms with Crippen LogP contribution in [0.2, 0.25) is 0 Å². The highest BCUT2D eigenvalue weighted by Gasteiger charge is 2.34. The summed E-state index contributed by atoms with van der Waals surface area (Å²) in [5.74, 6) is -0.327. The molecule has 2 heterocycles. The van der Waals surface area contributed by atoms with Crippen LogP contribution in [0.4, 0.5) is 5.69 Å². The Morgan fingerprint density at radius 2 is 1.85 bits per heavy atom. The lowest BCUT2D eigenvalue weighted by atomic mass is 9.91. The molecule has 1 aliphatic heterocycles. The number of hydrogen-bond acceptors (Lipinski definition) is 4. The van der Waals surface area contributed by atoms with Crippen LogP contribution in [-0.4, -0.2) is 14.3 Å². The number of thiophene rings is 1. The molecule has 7 heteroatoms. The van der Waals surface area contributed by atoms with E-state index in [2.05, 4.69) is 21.2 Å². The van der Waals surface area contributed by atoms with Crippen LogP contribution in [0.25, 0.3) is 0 Å². The zero-order valence-corrected chi connectivity index (χ0v) is 16.7. The van der Waals surface area contributed by atoms with E-state index in [-0.39, 0.29) is 21.6 Å². The molecule has 1 unspecified atom stereocenters. The van der Waals surface area contributed by atoms with Crippen molar-refractivity contribution < 1.29 is 13.2 Å². The van der Waals surface area contributed by atoms with Crippen molar-refractivity contribution in [2.45, 2.75) is 22.1 Å². The van der Waals surface area contributed by atoms with E-state index in [1.165, 1.54) is 11.3 Å². The molecule has 1 aliphatic rings. The zero-order chi connectivity index (χ0) is 18.3. The van der Waals surface area contributed by atoms with Crippen LogP contribution in [0, 0.1) is 0 Å². The van der Waals surface area contributed by atoms with Gasteiger partial charge in [-0.2, -0.15) is 0 Å². The SMILES string of the molecule is O=C1CC(c2cccc(Br)c2)c2scc(S(=O)(=O)c3ccccc3)c2N1. The Hall–Kier alpha value is -1.96. The number of amides is 1. The third-order valence-electron chi connectivity index (χ3n) is 4.35. The summed E-state index contributed by atoms with van der Waals surface area (Å²) in [6.45, 7) is 0. The molecule has 26 heavy (non-hydrogen) atoms. The average molecular weight is 448 g/mol. The summed E-state index contributed by atoms with van der Waals surface area (Å²) in [5, 5.41) is 4.41. The fourth-order valence-electron chi connectivity index (χ4n) is 3.12. The van der Waals surface area contributed by atoms with Gasteiger partial charge in [0.1, 0.15) is 4.90 Å². The molecule has 0 saturated carbocycles. The average Bonchev–Trinajstić information content (AvgIpc) is 3.06. The molecule has 1 amide bonds. The minimum Gasteiger partial charge on any atom is -0.324 e. The van der Waals surface area contributed by atoms with E-state index in [0.717, 1.165) is 14.9 Å². The van der Waals surface area contributed by atoms with Crippen molar-refractivity contribution in [3.05, 3.63) is 74.9 Å². The highest BCUT2D eigenvalue weighted by atomic mass is 79.9. The summed E-state index contributed by atoms with van der Waals surface area (Å²) in [4.78, 5) is 13.6. The van der Waals surface area contributed by atoms with Gasteiger partial charge in [0.15, 0.2) is 0 Å². The van der Waals surface area contributed by atoms with Crippen LogP contribution in [0.5, 0.6) is 0 Å². The highest BCUT2D eigenvalue weighted by molar-refractivity contribution is 9.10. The molecule has 3 aromatic rings. The third kappa shape index (κ3) is 3.00. The van der Waals surface area contributed by atoms with E-state index in [0.29, 0.717) is 12.1 Å². The van der Waals surface area contributed by atoms with Crippen LogP contribution in [-0.2, 0) is 14.6 Å². The number of carbonyl (C=O) groups is 1. The summed E-state index contributed by atoms with van der Waals surface area (Å²) in [6, 6.07) is 16.1. The summed E-state index contributed by atoms with van der Waals surface area (Å²) in [5.41, 5.74) is 1.40. The van der Waals surface area contributed by atoms with Gasteiger partial charge in [0.25, 0.3) is 0 Å². The lowest BCUT2D eigenvalue weighted by molar-refractivity contribution is -0.116. The van der Waals surface area contributed by atoms with Crippen molar-refractivity contribution in [3.63, 3.8) is 0 Å². The molecule has 4 nitrogen and oxygen atoms in total. The van der Waals surface area contributed by atoms with Crippen LogP contribution in [0.3, 0.4) is 0 Å². The second-order valence-electron chi connectivity index (χ2n) is 6.02. The standard InChI is InChI=1S/C19H14BrNO3S2/c20-13-6-4-5-12(9-13)15-10-17(22)21-18-16(11-25-19(15)18)26(23,24)14-7-2-1-3-8-14/h1-9,11,15H,10H2,(H,21,22). The zero-order valence-electron chi connectivity index (χ0n) is 13.5. The maximum Gasteiger partial charge on any atom is 0.225 e. The molecule has 1 N–H and O–H groups in total. The van der Waals surface area contributed by atoms with Gasteiger partial charge >= 0.3 is 0 Å². The number of benzene rings is 2. The smallest absolute Gasteiger partial charge is 0.225 e. The van der Waals surface area contributed by atoms with Gasteiger partial charge in [0, 0.05) is 27.1 Å². The van der Waals surface area contributed by atoms with Crippen LogP contribution >= 0.6 is 27.3 Å². The molecular weight excluding hydrogens is 434 g/mol. The maximum atomic E-state index is 13.0. The number of sulfone groups is 1. The lowest BCUT2D eigenvalue weighted by Crippen LogP contribution is -2.23. The van der Waals surface area contributed by atoms with Gasteiger partial charge in [0.05, 0.1) is 10.6 Å². The summed E-state index contributed by atoms with van der Waals surface area (Å²) >= 11 is 4.83. The topological polar surface area (TPSA) is 63.2 Å². The summed E-state index contributed by atoms with van der Waals surface area (Å²) in [6.07, 6.45) is 0.300. The van der Waals surface area contributed by atoms with E-state index < -0.39 is 9.84 Å². The third-order valence-corrected chi connectivity index (χ3v) is 7.88. The van der Waals surface area contributed by atoms with E-state index in [1.807, 2.05) is 24.3 Å². The molecule has 0 radical (unpaired) electrons. The van der Waals surface area contributed by atoms with Crippen molar-refractivity contribution in [2.24, 2.45) is 0 Å². The van der Waals surface area contributed by atoms with Crippen molar-refractivity contribution >= 4 is 48.7 Å². The minimum atomic E-state index is -3.69. The van der Waals surface area contributed by atoms with Crippen LogP contribution < -0.4 is 5.32 Å². The van der Waals surface area contributed by atoms with Gasteiger partial charge in [0.2, 0.25) is 15.7 Å². The van der Waals surface area contributed by atoms with Gasteiger partial charge in [-0.15, -0.1) is 11.3 Å². The van der Waals surface area contributed by atoms with E-state index >= 15 is 0 Å². The first kappa shape index (κ1) is 17.5. The van der Waals surface area contributed by atoms with Gasteiger partial charge in [-0.25, -0.2) is 8.42 Å². The van der Waals surface area contributed by atoms with Crippen molar-refractivity contribution in [3.8, 4) is 0 Å². The molecule has 0 aliphatic carbocycles. The fraction of sp³-hybridized carbons (Fsp3) is 0.105. The predicted molar refractivity (Wildman–Crippen MR) is 105 cm³/mol. The van der Waals surface area contributed by atoms with Crippen LogP contribution in [0.1, 0.15) is 22.8 Å². The molecule has 1 aromatic heterocycles. The Labute approximate surface area is 163 Å². The quantitative estimate of drug-likeness (QED) is 0.625. The molecule has 0 bridgehead atoms. The molecule has 0 spiro atoms. The van der Waals surface area contributed by atoms with Crippen molar-refractivity contribution in [1.29, 1.82) is 0 Å². The Morgan fingerprint density at radius 3 is 2.58 bits per heavy atom. The summed E-state index contributed by atoms with van der Waals surface area (Å²) < 4.78 is 27.0. The van der Waals surface area contributed by atoms with Crippen LogP contribution in [0.15, 0.2) is 74.2 Å². The molecule has 0 fully saturated rings. The molecule has 1 atom stereocenters. The Bertz CT molecular complexity index is 1090. The van der Waals surface area contributed by atoms with Gasteiger partial charge in [-0.3, -0.25) is 4.79 Å². The highest BCUT2D eigenvalue weighted by Crippen LogP contribution is 2.46.